The summed E-state index contributed by atoms with van der Waals surface area (Å²) in [6.45, 7) is 5.77. The minimum Gasteiger partial charge on any atom is -0.370 e. The lowest BCUT2D eigenvalue weighted by atomic mass is 10.1. The van der Waals surface area contributed by atoms with Gasteiger partial charge in [0.15, 0.2) is 5.96 Å². The van der Waals surface area contributed by atoms with Gasteiger partial charge < -0.3 is 10.6 Å². The molecule has 5 nitrogen and oxygen atoms in total. The van der Waals surface area contributed by atoms with Crippen LogP contribution in [0.4, 0.5) is 0 Å². The lowest BCUT2D eigenvalue weighted by Crippen LogP contribution is -2.35. The van der Waals surface area contributed by atoms with Gasteiger partial charge in [0.2, 0.25) is 0 Å². The summed E-state index contributed by atoms with van der Waals surface area (Å²) in [6, 6.07) is 4.76. The normalized spacial score (nSPS) is 18.9. The van der Waals surface area contributed by atoms with Crippen LogP contribution in [0, 0.1) is 0 Å². The van der Waals surface area contributed by atoms with E-state index in [1.807, 2.05) is 10.9 Å². The Morgan fingerprint density at radius 2 is 2.35 bits per heavy atom. The van der Waals surface area contributed by atoms with Crippen molar-refractivity contribution in [3.05, 3.63) is 40.3 Å². The molecule has 3 rings (SSSR count). The molecule has 0 spiro atoms. The van der Waals surface area contributed by atoms with Gasteiger partial charge in [-0.25, -0.2) is 0 Å². The van der Waals surface area contributed by atoms with Gasteiger partial charge in [0.1, 0.15) is 0 Å². The van der Waals surface area contributed by atoms with Crippen LogP contribution in [0.15, 0.2) is 34.9 Å². The third-order valence-electron chi connectivity index (χ3n) is 3.54. The largest absolute Gasteiger partial charge is 0.370 e. The monoisotopic (exact) mass is 289 g/mol. The summed E-state index contributed by atoms with van der Waals surface area (Å²) in [5.74, 6) is 0.626. The zero-order valence-corrected chi connectivity index (χ0v) is 12.5. The van der Waals surface area contributed by atoms with Gasteiger partial charge in [-0.2, -0.15) is 5.10 Å². The van der Waals surface area contributed by atoms with Crippen molar-refractivity contribution in [3.63, 3.8) is 0 Å². The Morgan fingerprint density at radius 3 is 3.00 bits per heavy atom. The molecule has 6 heteroatoms. The van der Waals surface area contributed by atoms with Crippen molar-refractivity contribution in [1.29, 1.82) is 0 Å². The molecule has 1 aliphatic heterocycles. The fraction of sp³-hybridized carbons (Fsp3) is 0.429. The third-order valence-corrected chi connectivity index (χ3v) is 4.40. The van der Waals surface area contributed by atoms with Crippen LogP contribution in [0.2, 0.25) is 0 Å². The number of nitrogens with zero attached hydrogens (tertiary/aromatic N) is 4. The first kappa shape index (κ1) is 13.2. The van der Waals surface area contributed by atoms with E-state index in [1.54, 1.807) is 11.3 Å². The molecule has 0 saturated carbocycles. The van der Waals surface area contributed by atoms with E-state index in [1.165, 1.54) is 10.4 Å². The molecule has 0 amide bonds. The van der Waals surface area contributed by atoms with E-state index in [9.17, 15) is 0 Å². The summed E-state index contributed by atoms with van der Waals surface area (Å²) >= 11 is 1.75. The number of hydrogen-bond donors (Lipinski definition) is 1. The first-order chi connectivity index (χ1) is 9.65. The Kier molecular flexibility index (Phi) is 3.48. The fourth-order valence-corrected chi connectivity index (χ4v) is 3.09. The Hall–Kier alpha value is -1.82. The lowest BCUT2D eigenvalue weighted by molar-refractivity contribution is 0.342. The molecule has 2 N–H and O–H groups in total. The molecule has 1 aliphatic rings. The van der Waals surface area contributed by atoms with E-state index in [4.69, 9.17) is 5.73 Å². The van der Waals surface area contributed by atoms with E-state index in [2.05, 4.69) is 52.5 Å². The fourth-order valence-electron chi connectivity index (χ4n) is 2.38. The van der Waals surface area contributed by atoms with Gasteiger partial charge in [-0.3, -0.25) is 9.67 Å². The van der Waals surface area contributed by atoms with Crippen LogP contribution < -0.4 is 5.73 Å². The molecule has 0 bridgehead atoms. The Morgan fingerprint density at radius 1 is 1.50 bits per heavy atom. The van der Waals surface area contributed by atoms with Gasteiger partial charge in [0.25, 0.3) is 0 Å². The van der Waals surface area contributed by atoms with Crippen molar-refractivity contribution in [2.45, 2.75) is 32.5 Å². The Bertz CT molecular complexity index is 599. The van der Waals surface area contributed by atoms with Crippen molar-refractivity contribution < 1.29 is 0 Å². The number of aliphatic imine (C=N–C) groups is 1. The van der Waals surface area contributed by atoms with Crippen LogP contribution in [-0.4, -0.2) is 27.2 Å². The molecule has 106 valence electrons. The molecule has 0 radical (unpaired) electrons. The smallest absolute Gasteiger partial charge is 0.192 e. The first-order valence-electron chi connectivity index (χ1n) is 6.78. The van der Waals surface area contributed by atoms with Crippen molar-refractivity contribution in [2.24, 2.45) is 10.7 Å². The highest BCUT2D eigenvalue weighted by molar-refractivity contribution is 7.09. The standard InChI is InChI=1S/C14H19N5S/c1-10(2)19-8-11(6-17-19)13-7-16-14(15)18(13)9-12-4-3-5-20-12/h3-6,8,10,13H,7,9H2,1-2H3,(H2,15,16). The van der Waals surface area contributed by atoms with Crippen molar-refractivity contribution >= 4 is 17.3 Å². The maximum absolute atomic E-state index is 6.04. The molecule has 2 aromatic heterocycles. The van der Waals surface area contributed by atoms with E-state index in [-0.39, 0.29) is 6.04 Å². The molecule has 0 saturated heterocycles. The van der Waals surface area contributed by atoms with E-state index in [0.717, 1.165) is 6.54 Å². The van der Waals surface area contributed by atoms with Gasteiger partial charge in [-0.05, 0) is 25.3 Å². The molecule has 1 unspecified atom stereocenters. The third kappa shape index (κ3) is 2.43. The van der Waals surface area contributed by atoms with Crippen LogP contribution in [0.1, 0.15) is 36.4 Å². The summed E-state index contributed by atoms with van der Waals surface area (Å²) in [5, 5.41) is 6.51. The number of hydrogen-bond acceptors (Lipinski definition) is 5. The molecule has 0 aliphatic carbocycles. The number of nitrogens with two attached hydrogens (primary N) is 1. The van der Waals surface area contributed by atoms with Crippen LogP contribution in [0.25, 0.3) is 0 Å². The van der Waals surface area contributed by atoms with E-state index in [0.29, 0.717) is 18.5 Å². The van der Waals surface area contributed by atoms with Gasteiger partial charge in [-0.1, -0.05) is 6.07 Å². The second-order valence-corrected chi connectivity index (χ2v) is 6.30. The SMILES string of the molecule is CC(C)n1cc(C2CN=C(N)N2Cc2cccs2)cn1. The van der Waals surface area contributed by atoms with E-state index >= 15 is 0 Å². The summed E-state index contributed by atoms with van der Waals surface area (Å²) in [5.41, 5.74) is 7.22. The maximum Gasteiger partial charge on any atom is 0.192 e. The molecule has 0 fully saturated rings. The lowest BCUT2D eigenvalue weighted by Gasteiger charge is -2.24. The molecular weight excluding hydrogens is 270 g/mol. The van der Waals surface area contributed by atoms with Crippen LogP contribution in [0.5, 0.6) is 0 Å². The topological polar surface area (TPSA) is 59.4 Å². The highest BCUT2D eigenvalue weighted by atomic mass is 32.1. The van der Waals surface area contributed by atoms with Gasteiger partial charge in [-0.15, -0.1) is 11.3 Å². The summed E-state index contributed by atoms with van der Waals surface area (Å²) in [6.07, 6.45) is 4.03. The summed E-state index contributed by atoms with van der Waals surface area (Å²) in [7, 11) is 0. The second-order valence-electron chi connectivity index (χ2n) is 5.27. The highest BCUT2D eigenvalue weighted by Gasteiger charge is 2.28. The zero-order valence-electron chi connectivity index (χ0n) is 11.7. The molecule has 1 atom stereocenters. The van der Waals surface area contributed by atoms with Crippen molar-refractivity contribution in [3.8, 4) is 0 Å². The molecule has 20 heavy (non-hydrogen) atoms. The average Bonchev–Trinajstić information content (AvgIpc) is 3.12. The predicted octanol–water partition coefficient (Wildman–Crippen LogP) is 2.40. The average molecular weight is 289 g/mol. The number of rotatable bonds is 4. The summed E-state index contributed by atoms with van der Waals surface area (Å²) < 4.78 is 1.98. The molecule has 2 aromatic rings. The maximum atomic E-state index is 6.04. The van der Waals surface area contributed by atoms with Crippen molar-refractivity contribution in [1.82, 2.24) is 14.7 Å². The van der Waals surface area contributed by atoms with Crippen LogP contribution >= 0.6 is 11.3 Å². The van der Waals surface area contributed by atoms with Crippen molar-refractivity contribution in [2.75, 3.05) is 6.54 Å². The highest BCUT2D eigenvalue weighted by Crippen LogP contribution is 2.28. The summed E-state index contributed by atoms with van der Waals surface area (Å²) in [4.78, 5) is 7.86. The van der Waals surface area contributed by atoms with Crippen LogP contribution in [0.3, 0.4) is 0 Å². The Balaban J connectivity index is 1.81. The quantitative estimate of drug-likeness (QED) is 0.940. The van der Waals surface area contributed by atoms with E-state index < -0.39 is 0 Å². The number of aromatic nitrogens is 2. The number of guanidine groups is 1. The minimum absolute atomic E-state index is 0.199. The Labute approximate surface area is 122 Å². The minimum atomic E-state index is 0.199. The van der Waals surface area contributed by atoms with Crippen LogP contribution in [-0.2, 0) is 6.54 Å². The molecule has 0 aromatic carbocycles. The van der Waals surface area contributed by atoms with Gasteiger partial charge in [0.05, 0.1) is 25.3 Å². The first-order valence-corrected chi connectivity index (χ1v) is 7.66. The molecule has 3 heterocycles. The zero-order chi connectivity index (χ0) is 14.1. The predicted molar refractivity (Wildman–Crippen MR) is 81.7 cm³/mol. The second kappa shape index (κ2) is 5.28. The number of thiophene rings is 1. The van der Waals surface area contributed by atoms with Gasteiger partial charge in [0, 0.05) is 22.7 Å². The van der Waals surface area contributed by atoms with Gasteiger partial charge >= 0.3 is 0 Å². The molecular formula is C14H19N5S.